The summed E-state index contributed by atoms with van der Waals surface area (Å²) in [4.78, 5) is 16.9. The first kappa shape index (κ1) is 20.1. The number of anilines is 1. The van der Waals surface area contributed by atoms with Crippen molar-refractivity contribution in [2.45, 2.75) is 44.0 Å². The number of aromatic nitrogens is 4. The van der Waals surface area contributed by atoms with Gasteiger partial charge in [0.1, 0.15) is 0 Å². The lowest BCUT2D eigenvalue weighted by atomic mass is 9.98. The number of nitrogens with zero attached hydrogens (tertiary/aromatic N) is 4. The molecular weight excluding hydrogens is 370 g/mol. The Morgan fingerprint density at radius 1 is 1.11 bits per heavy atom. The average Bonchev–Trinajstić information content (AvgIpc) is 3.04. The third-order valence-corrected chi connectivity index (χ3v) is 5.73. The molecule has 0 aliphatic rings. The van der Waals surface area contributed by atoms with Crippen LogP contribution in [0, 0.1) is 6.92 Å². The fraction of sp³-hybridized carbons (Fsp3) is 0.333. The van der Waals surface area contributed by atoms with Crippen molar-refractivity contribution in [3.8, 4) is 11.4 Å². The molecule has 0 fully saturated rings. The quantitative estimate of drug-likeness (QED) is 0.625. The number of para-hydroxylation sites is 1. The van der Waals surface area contributed by atoms with Gasteiger partial charge in [0.2, 0.25) is 5.91 Å². The predicted molar refractivity (Wildman–Crippen MR) is 113 cm³/mol. The molecule has 6 nitrogen and oxygen atoms in total. The van der Waals surface area contributed by atoms with Gasteiger partial charge in [0, 0.05) is 30.7 Å². The summed E-state index contributed by atoms with van der Waals surface area (Å²) in [6.07, 6.45) is 3.45. The number of hydrogen-bond donors (Lipinski definition) is 1. The van der Waals surface area contributed by atoms with Crippen molar-refractivity contribution >= 4 is 23.4 Å². The fourth-order valence-corrected chi connectivity index (χ4v) is 3.76. The lowest BCUT2D eigenvalue weighted by Gasteiger charge is -2.18. The van der Waals surface area contributed by atoms with E-state index in [1.807, 2.05) is 49.7 Å². The molecule has 146 valence electrons. The fourth-order valence-electron chi connectivity index (χ4n) is 2.95. The highest BCUT2D eigenvalue weighted by Gasteiger charge is 2.21. The number of carbonyl (C=O) groups is 1. The Hall–Kier alpha value is -2.67. The van der Waals surface area contributed by atoms with E-state index in [0.717, 1.165) is 28.2 Å². The zero-order chi connectivity index (χ0) is 20.3. The molecule has 0 bridgehead atoms. The number of hydrogen-bond acceptors (Lipinski definition) is 5. The Morgan fingerprint density at radius 2 is 1.82 bits per heavy atom. The van der Waals surface area contributed by atoms with Gasteiger partial charge in [-0.05, 0) is 43.0 Å². The van der Waals surface area contributed by atoms with Crippen LogP contribution in [-0.2, 0) is 11.8 Å². The number of benzene rings is 1. The van der Waals surface area contributed by atoms with Crippen LogP contribution in [0.4, 0.5) is 5.69 Å². The van der Waals surface area contributed by atoms with E-state index in [1.54, 1.807) is 12.4 Å². The molecule has 0 aliphatic heterocycles. The summed E-state index contributed by atoms with van der Waals surface area (Å²) in [5.74, 6) is 1.04. The third kappa shape index (κ3) is 4.25. The zero-order valence-electron chi connectivity index (χ0n) is 16.8. The number of carbonyl (C=O) groups excluding carboxylic acids is 1. The number of thioether (sulfide) groups is 1. The van der Waals surface area contributed by atoms with E-state index in [-0.39, 0.29) is 11.2 Å². The van der Waals surface area contributed by atoms with E-state index in [0.29, 0.717) is 11.1 Å². The molecule has 3 aromatic rings. The summed E-state index contributed by atoms with van der Waals surface area (Å²) >= 11 is 1.39. The molecule has 0 spiro atoms. The van der Waals surface area contributed by atoms with Gasteiger partial charge in [0.15, 0.2) is 11.0 Å². The highest BCUT2D eigenvalue weighted by molar-refractivity contribution is 8.00. The van der Waals surface area contributed by atoms with Gasteiger partial charge < -0.3 is 9.88 Å². The van der Waals surface area contributed by atoms with Gasteiger partial charge in [-0.1, -0.05) is 43.8 Å². The molecule has 0 radical (unpaired) electrons. The van der Waals surface area contributed by atoms with Crippen molar-refractivity contribution < 1.29 is 4.79 Å². The van der Waals surface area contributed by atoms with Crippen LogP contribution in [0.3, 0.4) is 0 Å². The summed E-state index contributed by atoms with van der Waals surface area (Å²) in [7, 11) is 1.90. The van der Waals surface area contributed by atoms with Crippen molar-refractivity contribution in [1.29, 1.82) is 0 Å². The van der Waals surface area contributed by atoms with Crippen LogP contribution >= 0.6 is 11.8 Å². The zero-order valence-corrected chi connectivity index (χ0v) is 17.6. The Kier molecular flexibility index (Phi) is 6.14. The van der Waals surface area contributed by atoms with E-state index >= 15 is 0 Å². The van der Waals surface area contributed by atoms with Crippen molar-refractivity contribution in [3.63, 3.8) is 0 Å². The minimum Gasteiger partial charge on any atom is -0.325 e. The van der Waals surface area contributed by atoms with E-state index in [1.165, 1.54) is 11.8 Å². The van der Waals surface area contributed by atoms with E-state index in [9.17, 15) is 4.79 Å². The number of amides is 1. The Balaban J connectivity index is 1.75. The maximum absolute atomic E-state index is 12.8. The average molecular weight is 396 g/mol. The van der Waals surface area contributed by atoms with Gasteiger partial charge in [-0.25, -0.2) is 0 Å². The van der Waals surface area contributed by atoms with E-state index in [4.69, 9.17) is 0 Å². The normalized spacial score (nSPS) is 12.2. The predicted octanol–water partition coefficient (Wildman–Crippen LogP) is 4.43. The first-order valence-electron chi connectivity index (χ1n) is 9.25. The van der Waals surface area contributed by atoms with Gasteiger partial charge >= 0.3 is 0 Å². The molecule has 0 aliphatic carbocycles. The van der Waals surface area contributed by atoms with Gasteiger partial charge in [-0.2, -0.15) is 0 Å². The molecule has 0 unspecified atom stereocenters. The molecule has 2 heterocycles. The van der Waals surface area contributed by atoms with Gasteiger partial charge in [0.05, 0.1) is 5.25 Å². The van der Waals surface area contributed by atoms with E-state index < -0.39 is 0 Å². The number of pyridine rings is 1. The third-order valence-electron chi connectivity index (χ3n) is 4.60. The second-order valence-corrected chi connectivity index (χ2v) is 8.35. The minimum atomic E-state index is -0.312. The van der Waals surface area contributed by atoms with Crippen LogP contribution in [0.15, 0.2) is 47.9 Å². The standard InChI is InChI=1S/C21H25N5OS/c1-13(2)17-8-6-7-14(3)18(17)23-20(27)15(4)28-21-25-24-19(26(21)5)16-9-11-22-12-10-16/h6-13,15H,1-5H3,(H,23,27)/t15-/m0/s1. The maximum Gasteiger partial charge on any atom is 0.237 e. The van der Waals surface area contributed by atoms with Crippen molar-refractivity contribution in [2.75, 3.05) is 5.32 Å². The monoisotopic (exact) mass is 395 g/mol. The van der Waals surface area contributed by atoms with Gasteiger partial charge in [-0.15, -0.1) is 10.2 Å². The van der Waals surface area contributed by atoms with Crippen molar-refractivity contribution in [2.24, 2.45) is 7.05 Å². The lowest BCUT2D eigenvalue weighted by Crippen LogP contribution is -2.24. The topological polar surface area (TPSA) is 72.7 Å². The number of rotatable bonds is 6. The molecule has 1 N–H and O–H groups in total. The first-order valence-corrected chi connectivity index (χ1v) is 10.1. The first-order chi connectivity index (χ1) is 13.4. The number of nitrogens with one attached hydrogen (secondary N) is 1. The molecule has 3 rings (SSSR count). The summed E-state index contributed by atoms with van der Waals surface area (Å²) in [6.45, 7) is 8.16. The van der Waals surface area contributed by atoms with Crippen LogP contribution in [0.25, 0.3) is 11.4 Å². The largest absolute Gasteiger partial charge is 0.325 e. The summed E-state index contributed by atoms with van der Waals surface area (Å²) < 4.78 is 1.90. The molecule has 1 amide bonds. The molecule has 28 heavy (non-hydrogen) atoms. The highest BCUT2D eigenvalue weighted by atomic mass is 32.2. The van der Waals surface area contributed by atoms with Gasteiger partial charge in [-0.3, -0.25) is 9.78 Å². The molecule has 2 aromatic heterocycles. The van der Waals surface area contributed by atoms with Crippen LogP contribution in [-0.4, -0.2) is 30.9 Å². The SMILES string of the molecule is Cc1cccc(C(C)C)c1NC(=O)[C@H](C)Sc1nnc(-c2ccncc2)n1C. The van der Waals surface area contributed by atoms with E-state index in [2.05, 4.69) is 40.4 Å². The second kappa shape index (κ2) is 8.56. The van der Waals surface area contributed by atoms with Crippen LogP contribution < -0.4 is 5.32 Å². The summed E-state index contributed by atoms with van der Waals surface area (Å²) in [5, 5.41) is 12.0. The lowest BCUT2D eigenvalue weighted by molar-refractivity contribution is -0.115. The van der Waals surface area contributed by atoms with Crippen LogP contribution in [0.5, 0.6) is 0 Å². The molecular formula is C21H25N5OS. The molecule has 1 aromatic carbocycles. The van der Waals surface area contributed by atoms with Crippen LogP contribution in [0.2, 0.25) is 0 Å². The Labute approximate surface area is 169 Å². The minimum absolute atomic E-state index is 0.0466. The Bertz CT molecular complexity index is 968. The van der Waals surface area contributed by atoms with Gasteiger partial charge in [0.25, 0.3) is 0 Å². The highest BCUT2D eigenvalue weighted by Crippen LogP contribution is 2.30. The smallest absolute Gasteiger partial charge is 0.237 e. The van der Waals surface area contributed by atoms with Crippen LogP contribution in [0.1, 0.15) is 37.8 Å². The maximum atomic E-state index is 12.8. The second-order valence-electron chi connectivity index (χ2n) is 7.04. The molecule has 1 atom stereocenters. The molecule has 7 heteroatoms. The molecule has 0 saturated heterocycles. The number of aryl methyl sites for hydroxylation is 1. The summed E-state index contributed by atoms with van der Waals surface area (Å²) in [6, 6.07) is 9.89. The Morgan fingerprint density at radius 3 is 2.50 bits per heavy atom. The summed E-state index contributed by atoms with van der Waals surface area (Å²) in [5.41, 5.74) is 4.06. The van der Waals surface area contributed by atoms with Crippen molar-refractivity contribution in [3.05, 3.63) is 53.9 Å². The molecule has 0 saturated carbocycles. The van der Waals surface area contributed by atoms with Crippen molar-refractivity contribution in [1.82, 2.24) is 19.7 Å².